The Labute approximate surface area is 111 Å². The molecule has 0 aliphatic carbocycles. The van der Waals surface area contributed by atoms with Crippen molar-refractivity contribution < 1.29 is 23.1 Å². The number of nitro benzene ring substituents is 1. The van der Waals surface area contributed by atoms with Crippen LogP contribution in [0.15, 0.2) is 24.3 Å². The van der Waals surface area contributed by atoms with Crippen LogP contribution in [0.3, 0.4) is 0 Å². The molecule has 0 saturated carbocycles. The van der Waals surface area contributed by atoms with Gasteiger partial charge in [0.15, 0.2) is 0 Å². The fraction of sp³-hybridized carbons (Fsp3) is 0.455. The normalized spacial score (nSPS) is 11.5. The molecule has 0 bridgehead atoms. The molecular weight excluding hydrogens is 273 g/mol. The molecule has 0 spiro atoms. The quantitative estimate of drug-likeness (QED) is 0.414. The highest BCUT2D eigenvalue weighted by Crippen LogP contribution is 2.49. The van der Waals surface area contributed by atoms with Crippen molar-refractivity contribution in [2.75, 3.05) is 13.2 Å². The van der Waals surface area contributed by atoms with Gasteiger partial charge in [0.25, 0.3) is 5.69 Å². The van der Waals surface area contributed by atoms with Gasteiger partial charge in [-0.3, -0.25) is 23.7 Å². The van der Waals surface area contributed by atoms with E-state index in [1.807, 2.05) is 0 Å². The van der Waals surface area contributed by atoms with E-state index in [9.17, 15) is 14.7 Å². The summed E-state index contributed by atoms with van der Waals surface area (Å²) in [6, 6.07) is 5.76. The van der Waals surface area contributed by atoms with E-state index in [1.54, 1.807) is 13.8 Å². The van der Waals surface area contributed by atoms with E-state index < -0.39 is 12.7 Å². The third-order valence-corrected chi connectivity index (χ3v) is 3.71. The Bertz CT molecular complexity index is 451. The largest absolute Gasteiger partial charge is 0.475 e. The molecule has 0 radical (unpaired) electrons. The Morgan fingerprint density at radius 3 is 2.05 bits per heavy atom. The summed E-state index contributed by atoms with van der Waals surface area (Å²) in [6.45, 7) is 3.77. The lowest BCUT2D eigenvalue weighted by molar-refractivity contribution is -0.384. The highest BCUT2D eigenvalue weighted by molar-refractivity contribution is 7.48. The van der Waals surface area contributed by atoms with E-state index in [-0.39, 0.29) is 25.5 Å². The van der Waals surface area contributed by atoms with Gasteiger partial charge < -0.3 is 0 Å². The van der Waals surface area contributed by atoms with Crippen LogP contribution in [0.1, 0.15) is 19.4 Å². The molecule has 0 aromatic heterocycles. The lowest BCUT2D eigenvalue weighted by Gasteiger charge is -2.16. The van der Waals surface area contributed by atoms with Crippen LogP contribution in [0.2, 0.25) is 0 Å². The third kappa shape index (κ3) is 5.08. The number of rotatable bonds is 8. The SMILES string of the molecule is CCOP(=O)(OCC)OCc1ccc([N+](=O)[O-])cc1. The van der Waals surface area contributed by atoms with E-state index in [0.29, 0.717) is 5.56 Å². The molecule has 19 heavy (non-hydrogen) atoms. The smallest absolute Gasteiger partial charge is 0.287 e. The molecule has 0 unspecified atom stereocenters. The molecule has 0 aliphatic rings. The monoisotopic (exact) mass is 289 g/mol. The summed E-state index contributed by atoms with van der Waals surface area (Å²) in [5.41, 5.74) is 0.631. The Hall–Kier alpha value is -1.27. The number of phosphoric acid groups is 1. The number of nitrogens with zero attached hydrogens (tertiary/aromatic N) is 1. The maximum Gasteiger partial charge on any atom is 0.475 e. The average molecular weight is 289 g/mol. The zero-order valence-corrected chi connectivity index (χ0v) is 11.7. The first-order chi connectivity index (χ1) is 9.00. The van der Waals surface area contributed by atoms with Crippen LogP contribution in [-0.4, -0.2) is 18.1 Å². The molecule has 0 heterocycles. The average Bonchev–Trinajstić information content (AvgIpc) is 2.37. The van der Waals surface area contributed by atoms with E-state index in [4.69, 9.17) is 13.6 Å². The fourth-order valence-corrected chi connectivity index (χ4v) is 2.46. The Balaban J connectivity index is 2.64. The molecule has 0 amide bonds. The molecule has 106 valence electrons. The summed E-state index contributed by atoms with van der Waals surface area (Å²) in [5, 5.41) is 10.5. The summed E-state index contributed by atoms with van der Waals surface area (Å²) in [6.07, 6.45) is 0. The van der Waals surface area contributed by atoms with Crippen molar-refractivity contribution in [1.82, 2.24) is 0 Å². The van der Waals surface area contributed by atoms with Gasteiger partial charge in [-0.25, -0.2) is 4.57 Å². The van der Waals surface area contributed by atoms with Crippen LogP contribution in [0.25, 0.3) is 0 Å². The lowest BCUT2D eigenvalue weighted by atomic mass is 10.2. The second-order valence-corrected chi connectivity index (χ2v) is 5.15. The molecular formula is C11H16NO6P. The molecule has 0 saturated heterocycles. The number of benzene rings is 1. The molecule has 8 heteroatoms. The van der Waals surface area contributed by atoms with Crippen molar-refractivity contribution in [3.63, 3.8) is 0 Å². The third-order valence-electron chi connectivity index (χ3n) is 2.11. The lowest BCUT2D eigenvalue weighted by Crippen LogP contribution is -2.00. The van der Waals surface area contributed by atoms with Crippen LogP contribution >= 0.6 is 7.82 Å². The fourth-order valence-electron chi connectivity index (χ4n) is 1.30. The van der Waals surface area contributed by atoms with Crippen molar-refractivity contribution >= 4 is 13.5 Å². The molecule has 1 rings (SSSR count). The topological polar surface area (TPSA) is 87.9 Å². The second kappa shape index (κ2) is 7.35. The molecule has 1 aromatic carbocycles. The summed E-state index contributed by atoms with van der Waals surface area (Å²) < 4.78 is 27.0. The van der Waals surface area contributed by atoms with Crippen molar-refractivity contribution in [3.05, 3.63) is 39.9 Å². The van der Waals surface area contributed by atoms with Crippen molar-refractivity contribution in [2.45, 2.75) is 20.5 Å². The van der Waals surface area contributed by atoms with Crippen LogP contribution in [0, 0.1) is 10.1 Å². The minimum atomic E-state index is -3.55. The Kier molecular flexibility index (Phi) is 6.11. The maximum absolute atomic E-state index is 12.0. The number of non-ortho nitro benzene ring substituents is 1. The van der Waals surface area contributed by atoms with Gasteiger partial charge in [0.1, 0.15) is 0 Å². The molecule has 7 nitrogen and oxygen atoms in total. The van der Waals surface area contributed by atoms with Gasteiger partial charge in [-0.15, -0.1) is 0 Å². The number of phosphoric ester groups is 1. The van der Waals surface area contributed by atoms with E-state index in [1.165, 1.54) is 24.3 Å². The van der Waals surface area contributed by atoms with Crippen LogP contribution in [0.5, 0.6) is 0 Å². The predicted molar refractivity (Wildman–Crippen MR) is 68.7 cm³/mol. The highest BCUT2D eigenvalue weighted by atomic mass is 31.2. The van der Waals surface area contributed by atoms with Gasteiger partial charge in [0.2, 0.25) is 0 Å². The number of hydrogen-bond acceptors (Lipinski definition) is 6. The maximum atomic E-state index is 12.0. The van der Waals surface area contributed by atoms with Crippen LogP contribution in [0.4, 0.5) is 5.69 Å². The first kappa shape index (κ1) is 15.8. The standard InChI is InChI=1S/C11H16NO6P/c1-3-16-19(15,17-4-2)18-9-10-5-7-11(8-6-10)12(13)14/h5-8H,3-4,9H2,1-2H3. The van der Waals surface area contributed by atoms with Crippen molar-refractivity contribution in [1.29, 1.82) is 0 Å². The molecule has 0 fully saturated rings. The van der Waals surface area contributed by atoms with Gasteiger partial charge in [0, 0.05) is 12.1 Å². The minimum absolute atomic E-state index is 0.00469. The zero-order chi connectivity index (χ0) is 14.3. The van der Waals surface area contributed by atoms with Crippen molar-refractivity contribution in [3.8, 4) is 0 Å². The first-order valence-corrected chi connectivity index (χ1v) is 7.23. The van der Waals surface area contributed by atoms with Gasteiger partial charge in [0.05, 0.1) is 24.7 Å². The van der Waals surface area contributed by atoms with Crippen molar-refractivity contribution in [2.24, 2.45) is 0 Å². The Morgan fingerprint density at radius 1 is 1.11 bits per heavy atom. The molecule has 0 atom stereocenters. The molecule has 1 aromatic rings. The molecule has 0 aliphatic heterocycles. The Morgan fingerprint density at radius 2 is 1.63 bits per heavy atom. The minimum Gasteiger partial charge on any atom is -0.287 e. The summed E-state index contributed by atoms with van der Waals surface area (Å²) >= 11 is 0. The number of nitro groups is 1. The molecule has 0 N–H and O–H groups in total. The summed E-state index contributed by atoms with van der Waals surface area (Å²) in [4.78, 5) is 10.00. The van der Waals surface area contributed by atoms with Crippen LogP contribution < -0.4 is 0 Å². The predicted octanol–water partition coefficient (Wildman–Crippen LogP) is 3.29. The van der Waals surface area contributed by atoms with Crippen LogP contribution in [-0.2, 0) is 24.7 Å². The van der Waals surface area contributed by atoms with Gasteiger partial charge in [-0.05, 0) is 31.5 Å². The van der Waals surface area contributed by atoms with Gasteiger partial charge >= 0.3 is 7.82 Å². The van der Waals surface area contributed by atoms with Gasteiger partial charge in [-0.2, -0.15) is 0 Å². The van der Waals surface area contributed by atoms with E-state index >= 15 is 0 Å². The summed E-state index contributed by atoms with van der Waals surface area (Å²) in [5.74, 6) is 0. The second-order valence-electron chi connectivity index (χ2n) is 3.48. The van der Waals surface area contributed by atoms with Gasteiger partial charge in [-0.1, -0.05) is 0 Å². The zero-order valence-electron chi connectivity index (χ0n) is 10.8. The highest BCUT2D eigenvalue weighted by Gasteiger charge is 2.25. The van der Waals surface area contributed by atoms with E-state index in [2.05, 4.69) is 0 Å². The number of hydrogen-bond donors (Lipinski definition) is 0. The van der Waals surface area contributed by atoms with E-state index in [0.717, 1.165) is 0 Å². The first-order valence-electron chi connectivity index (χ1n) is 5.77. The summed E-state index contributed by atoms with van der Waals surface area (Å²) in [7, 11) is -3.55.